The summed E-state index contributed by atoms with van der Waals surface area (Å²) in [6, 6.07) is 13.8. The molecule has 0 aliphatic carbocycles. The molecule has 0 unspecified atom stereocenters. The number of fused-ring (bicyclic) bond motifs is 1. The van der Waals surface area contributed by atoms with Gasteiger partial charge in [-0.3, -0.25) is 14.3 Å². The predicted molar refractivity (Wildman–Crippen MR) is 98.2 cm³/mol. The van der Waals surface area contributed by atoms with Gasteiger partial charge in [-0.2, -0.15) is 5.10 Å². The molecule has 0 spiro atoms. The molecule has 0 aliphatic rings. The van der Waals surface area contributed by atoms with Crippen molar-refractivity contribution in [2.24, 2.45) is 0 Å². The molecule has 138 valence electrons. The highest BCUT2D eigenvalue weighted by atomic mass is 16.5. The number of benzene rings is 2. The molecule has 27 heavy (non-hydrogen) atoms. The number of esters is 2. The molecule has 0 N–H and O–H groups in total. The fraction of sp³-hybridized carbons (Fsp3) is 0.200. The topological polar surface area (TPSA) is 87.5 Å². The van der Waals surface area contributed by atoms with Crippen LogP contribution in [-0.2, 0) is 27.4 Å². The number of nitrogens with zero attached hydrogens (tertiary/aromatic N) is 2. The van der Waals surface area contributed by atoms with Gasteiger partial charge in [0, 0.05) is 5.39 Å². The number of aromatic nitrogens is 2. The Kier molecular flexibility index (Phi) is 5.61. The summed E-state index contributed by atoms with van der Waals surface area (Å²) in [6.07, 6.45) is 1.37. The van der Waals surface area contributed by atoms with Crippen molar-refractivity contribution >= 4 is 22.8 Å². The van der Waals surface area contributed by atoms with Crippen LogP contribution in [0.2, 0.25) is 0 Å². The van der Waals surface area contributed by atoms with Gasteiger partial charge in [-0.1, -0.05) is 24.3 Å². The molecular formula is C20H18N2O5. The van der Waals surface area contributed by atoms with Crippen molar-refractivity contribution in [3.05, 3.63) is 76.1 Å². The van der Waals surface area contributed by atoms with Crippen molar-refractivity contribution in [2.45, 2.75) is 19.6 Å². The second kappa shape index (κ2) is 8.27. The molecule has 0 atom stereocenters. The van der Waals surface area contributed by atoms with Gasteiger partial charge in [0.05, 0.1) is 37.4 Å². The van der Waals surface area contributed by atoms with E-state index in [4.69, 9.17) is 4.74 Å². The van der Waals surface area contributed by atoms with E-state index >= 15 is 0 Å². The molecule has 2 aromatic carbocycles. The van der Waals surface area contributed by atoms with Crippen molar-refractivity contribution in [3.8, 4) is 0 Å². The predicted octanol–water partition coefficient (Wildman–Crippen LogP) is 2.32. The smallest absolute Gasteiger partial charge is 0.337 e. The Morgan fingerprint density at radius 1 is 1.07 bits per heavy atom. The van der Waals surface area contributed by atoms with Gasteiger partial charge in [-0.25, -0.2) is 4.79 Å². The Hall–Kier alpha value is -3.48. The first-order valence-corrected chi connectivity index (χ1v) is 8.36. The molecule has 0 bridgehead atoms. The summed E-state index contributed by atoms with van der Waals surface area (Å²) >= 11 is 0. The van der Waals surface area contributed by atoms with Crippen LogP contribution in [0, 0.1) is 0 Å². The number of aryl methyl sites for hydroxylation is 1. The molecule has 0 saturated carbocycles. The average Bonchev–Trinajstić information content (AvgIpc) is 2.71. The molecule has 7 nitrogen and oxygen atoms in total. The maximum Gasteiger partial charge on any atom is 0.337 e. The van der Waals surface area contributed by atoms with Crippen molar-refractivity contribution in [1.29, 1.82) is 0 Å². The average molecular weight is 366 g/mol. The van der Waals surface area contributed by atoms with Crippen molar-refractivity contribution in [2.75, 3.05) is 7.11 Å². The maximum atomic E-state index is 12.0. The van der Waals surface area contributed by atoms with Crippen molar-refractivity contribution in [1.82, 2.24) is 9.78 Å². The van der Waals surface area contributed by atoms with E-state index < -0.39 is 5.97 Å². The first-order valence-electron chi connectivity index (χ1n) is 8.36. The van der Waals surface area contributed by atoms with Crippen LogP contribution in [0.3, 0.4) is 0 Å². The molecule has 0 fully saturated rings. The van der Waals surface area contributed by atoms with Gasteiger partial charge in [-0.05, 0) is 29.8 Å². The summed E-state index contributed by atoms with van der Waals surface area (Å²) in [4.78, 5) is 35.2. The summed E-state index contributed by atoms with van der Waals surface area (Å²) in [5.74, 6) is -0.795. The Bertz CT molecular complexity index is 1020. The molecule has 3 aromatic rings. The highest BCUT2D eigenvalue weighted by Gasteiger charge is 2.09. The maximum absolute atomic E-state index is 12.0. The highest BCUT2D eigenvalue weighted by Crippen LogP contribution is 2.10. The zero-order chi connectivity index (χ0) is 19.2. The third-order valence-electron chi connectivity index (χ3n) is 4.06. The Morgan fingerprint density at radius 3 is 2.56 bits per heavy atom. The van der Waals surface area contributed by atoms with E-state index in [1.54, 1.807) is 47.1 Å². The molecule has 0 saturated heterocycles. The standard InChI is InChI=1S/C20H18N2O5/c1-26-20(25)15-8-6-14(7-9-15)13-27-19(24)10-11-22-17-5-3-2-4-16(17)18(23)12-21-22/h2-9,12H,10-11,13H2,1H3. The number of hydrogen-bond donors (Lipinski definition) is 0. The van der Waals surface area contributed by atoms with Gasteiger partial charge in [0.2, 0.25) is 5.43 Å². The van der Waals surface area contributed by atoms with Crippen LogP contribution in [0.15, 0.2) is 59.5 Å². The first kappa shape index (κ1) is 18.3. The Labute approximate surface area is 155 Å². The molecule has 7 heteroatoms. The van der Waals surface area contributed by atoms with E-state index in [0.29, 0.717) is 23.0 Å². The molecule has 3 rings (SSSR count). The quantitative estimate of drug-likeness (QED) is 0.622. The molecule has 1 heterocycles. The van der Waals surface area contributed by atoms with Gasteiger partial charge in [0.25, 0.3) is 0 Å². The number of ether oxygens (including phenoxy) is 2. The second-order valence-corrected chi connectivity index (χ2v) is 5.85. The fourth-order valence-electron chi connectivity index (χ4n) is 2.63. The van der Waals surface area contributed by atoms with Crippen LogP contribution >= 0.6 is 0 Å². The normalized spacial score (nSPS) is 10.6. The highest BCUT2D eigenvalue weighted by molar-refractivity contribution is 5.89. The minimum absolute atomic E-state index is 0.110. The second-order valence-electron chi connectivity index (χ2n) is 5.85. The third kappa shape index (κ3) is 4.38. The number of carbonyl (C=O) groups excluding carboxylic acids is 2. The SMILES string of the molecule is COC(=O)c1ccc(COC(=O)CCn2ncc(=O)c3ccccc32)cc1. The van der Waals surface area contributed by atoms with Gasteiger partial charge >= 0.3 is 11.9 Å². The van der Waals surface area contributed by atoms with Gasteiger partial charge in [0.1, 0.15) is 6.61 Å². The lowest BCUT2D eigenvalue weighted by Crippen LogP contribution is -2.15. The number of hydrogen-bond acceptors (Lipinski definition) is 6. The van der Waals surface area contributed by atoms with E-state index in [-0.39, 0.29) is 24.4 Å². The van der Waals surface area contributed by atoms with Crippen LogP contribution in [0.5, 0.6) is 0 Å². The first-order chi connectivity index (χ1) is 13.1. The lowest BCUT2D eigenvalue weighted by molar-refractivity contribution is -0.145. The lowest BCUT2D eigenvalue weighted by Gasteiger charge is -2.09. The fourth-order valence-corrected chi connectivity index (χ4v) is 2.63. The number of rotatable bonds is 6. The monoisotopic (exact) mass is 366 g/mol. The van der Waals surface area contributed by atoms with Crippen molar-refractivity contribution in [3.63, 3.8) is 0 Å². The summed E-state index contributed by atoms with van der Waals surface area (Å²) < 4.78 is 11.5. The lowest BCUT2D eigenvalue weighted by atomic mass is 10.1. The minimum Gasteiger partial charge on any atom is -0.465 e. The largest absolute Gasteiger partial charge is 0.465 e. The Morgan fingerprint density at radius 2 is 1.81 bits per heavy atom. The molecule has 0 aliphatic heterocycles. The Balaban J connectivity index is 1.57. The van der Waals surface area contributed by atoms with E-state index in [9.17, 15) is 14.4 Å². The van der Waals surface area contributed by atoms with E-state index in [1.165, 1.54) is 13.3 Å². The van der Waals surface area contributed by atoms with Gasteiger partial charge < -0.3 is 9.47 Å². The molecule has 0 radical (unpaired) electrons. The zero-order valence-electron chi connectivity index (χ0n) is 14.8. The summed E-state index contributed by atoms with van der Waals surface area (Å²) in [6.45, 7) is 0.416. The van der Waals surface area contributed by atoms with Crippen LogP contribution in [0.4, 0.5) is 0 Å². The van der Waals surface area contributed by atoms with Crippen LogP contribution in [0.1, 0.15) is 22.3 Å². The van der Waals surface area contributed by atoms with E-state index in [0.717, 1.165) is 5.56 Å². The molecule has 1 aromatic heterocycles. The van der Waals surface area contributed by atoms with Gasteiger partial charge in [-0.15, -0.1) is 0 Å². The van der Waals surface area contributed by atoms with Crippen molar-refractivity contribution < 1.29 is 19.1 Å². The zero-order valence-corrected chi connectivity index (χ0v) is 14.8. The third-order valence-corrected chi connectivity index (χ3v) is 4.06. The van der Waals surface area contributed by atoms with Gasteiger partial charge in [0.15, 0.2) is 0 Å². The van der Waals surface area contributed by atoms with Crippen LogP contribution in [0.25, 0.3) is 10.9 Å². The van der Waals surface area contributed by atoms with Crippen LogP contribution < -0.4 is 5.43 Å². The number of carbonyl (C=O) groups is 2. The van der Waals surface area contributed by atoms with E-state index in [2.05, 4.69) is 9.84 Å². The summed E-state index contributed by atoms with van der Waals surface area (Å²) in [5, 5.41) is 4.65. The number of para-hydroxylation sites is 1. The summed E-state index contributed by atoms with van der Waals surface area (Å²) in [5.41, 5.74) is 1.72. The van der Waals surface area contributed by atoms with Crippen LogP contribution in [-0.4, -0.2) is 28.8 Å². The minimum atomic E-state index is -0.417. The number of methoxy groups -OCH3 is 1. The van der Waals surface area contributed by atoms with E-state index in [1.807, 2.05) is 6.07 Å². The summed E-state index contributed by atoms with van der Waals surface area (Å²) in [7, 11) is 1.32. The molecule has 0 amide bonds. The molecular weight excluding hydrogens is 348 g/mol.